The summed E-state index contributed by atoms with van der Waals surface area (Å²) in [6.07, 6.45) is 2.88. The molecule has 0 spiro atoms. The lowest BCUT2D eigenvalue weighted by Crippen LogP contribution is -2.28. The van der Waals surface area contributed by atoms with Crippen LogP contribution in [-0.4, -0.2) is 63.1 Å². The number of sulfonamides is 1. The zero-order chi connectivity index (χ0) is 24.2. The summed E-state index contributed by atoms with van der Waals surface area (Å²) in [5, 5.41) is 3.68. The fraction of sp³-hybridized carbons (Fsp3) is 0.304. The van der Waals surface area contributed by atoms with Gasteiger partial charge in [0, 0.05) is 50.4 Å². The molecule has 33 heavy (non-hydrogen) atoms. The van der Waals surface area contributed by atoms with E-state index in [1.807, 2.05) is 24.3 Å². The number of aryl methyl sites for hydroxylation is 1. The molecule has 0 saturated carbocycles. The van der Waals surface area contributed by atoms with Crippen molar-refractivity contribution in [3.8, 4) is 0 Å². The average Bonchev–Trinajstić information content (AvgIpc) is 3.31. The maximum Gasteiger partial charge on any atom is 0.246 e. The molecule has 0 aliphatic carbocycles. The highest BCUT2D eigenvalue weighted by atomic mass is 35.5. The molecule has 0 bridgehead atoms. The molecule has 0 atom stereocenters. The quantitative estimate of drug-likeness (QED) is 0.553. The van der Waals surface area contributed by atoms with Crippen LogP contribution < -0.4 is 5.32 Å². The molecule has 0 saturated heterocycles. The van der Waals surface area contributed by atoms with E-state index in [0.29, 0.717) is 17.1 Å². The number of rotatable bonds is 8. The summed E-state index contributed by atoms with van der Waals surface area (Å²) < 4.78 is 26.8. The van der Waals surface area contributed by atoms with Crippen molar-refractivity contribution in [3.63, 3.8) is 0 Å². The lowest BCUT2D eigenvalue weighted by molar-refractivity contribution is -0.125. The van der Waals surface area contributed by atoms with Crippen LogP contribution in [0.3, 0.4) is 0 Å². The second-order valence-electron chi connectivity index (χ2n) is 7.77. The number of carbonyl (C=O) groups excluding carboxylic acids is 1. The maximum absolute atomic E-state index is 12.8. The molecule has 176 valence electrons. The molecule has 0 unspecified atom stereocenters. The summed E-state index contributed by atoms with van der Waals surface area (Å²) >= 11 is 12.1. The second-order valence-corrected chi connectivity index (χ2v) is 10.6. The van der Waals surface area contributed by atoms with Gasteiger partial charge in [-0.15, -0.1) is 0 Å². The van der Waals surface area contributed by atoms with Gasteiger partial charge in [0.2, 0.25) is 15.9 Å². The Morgan fingerprint density at radius 1 is 1.15 bits per heavy atom. The summed E-state index contributed by atoms with van der Waals surface area (Å²) in [5.41, 5.74) is 2.61. The zero-order valence-electron chi connectivity index (χ0n) is 18.7. The number of amidine groups is 1. The van der Waals surface area contributed by atoms with Gasteiger partial charge in [0.15, 0.2) is 0 Å². The topological polar surface area (TPSA) is 82.1 Å². The summed E-state index contributed by atoms with van der Waals surface area (Å²) in [4.78, 5) is 18.4. The Hall–Kier alpha value is -2.39. The Morgan fingerprint density at radius 2 is 1.85 bits per heavy atom. The van der Waals surface area contributed by atoms with Crippen LogP contribution in [0.1, 0.15) is 16.7 Å². The van der Waals surface area contributed by atoms with Gasteiger partial charge in [-0.3, -0.25) is 9.79 Å². The molecule has 10 heteroatoms. The number of hydrogen-bond acceptors (Lipinski definition) is 5. The van der Waals surface area contributed by atoms with E-state index in [0.717, 1.165) is 34.4 Å². The summed E-state index contributed by atoms with van der Waals surface area (Å²) in [7, 11) is -0.711. The van der Waals surface area contributed by atoms with Crippen molar-refractivity contribution in [2.75, 3.05) is 33.7 Å². The van der Waals surface area contributed by atoms with Gasteiger partial charge in [0.25, 0.3) is 0 Å². The van der Waals surface area contributed by atoms with Crippen molar-refractivity contribution in [2.45, 2.75) is 18.4 Å². The lowest BCUT2D eigenvalue weighted by atomic mass is 10.1. The van der Waals surface area contributed by atoms with Gasteiger partial charge in [-0.1, -0.05) is 53.5 Å². The molecular weight excluding hydrogens is 483 g/mol. The van der Waals surface area contributed by atoms with E-state index >= 15 is 0 Å². The predicted octanol–water partition coefficient (Wildman–Crippen LogP) is 3.49. The van der Waals surface area contributed by atoms with E-state index in [9.17, 15) is 13.2 Å². The largest absolute Gasteiger partial charge is 0.368 e. The monoisotopic (exact) mass is 508 g/mol. The van der Waals surface area contributed by atoms with E-state index in [2.05, 4.69) is 10.3 Å². The van der Waals surface area contributed by atoms with Crippen molar-refractivity contribution in [1.29, 1.82) is 0 Å². The first-order chi connectivity index (χ1) is 15.6. The standard InChI is InChI=1S/C23H26Cl2N4O3S/c1-16-13-21(20(25)14-19(16)24)33(31,32)29(3)12-4-5-22(30)28(2)15-17-6-8-18(9-7-17)23-26-10-11-27-23/h4-9,13-14H,10-12,15H2,1-3H3,(H,26,27)/b5-4+. The molecule has 1 aliphatic rings. The first-order valence-corrected chi connectivity index (χ1v) is 12.5. The highest BCUT2D eigenvalue weighted by Gasteiger charge is 2.24. The highest BCUT2D eigenvalue weighted by Crippen LogP contribution is 2.29. The van der Waals surface area contributed by atoms with Crippen molar-refractivity contribution in [3.05, 3.63) is 75.3 Å². The number of nitrogens with zero attached hydrogens (tertiary/aromatic N) is 3. The number of nitrogens with one attached hydrogen (secondary N) is 1. The molecule has 1 N–H and O–H groups in total. The van der Waals surface area contributed by atoms with Crippen molar-refractivity contribution < 1.29 is 13.2 Å². The van der Waals surface area contributed by atoms with Gasteiger partial charge < -0.3 is 10.2 Å². The molecule has 1 heterocycles. The zero-order valence-corrected chi connectivity index (χ0v) is 21.0. The van der Waals surface area contributed by atoms with E-state index in [-0.39, 0.29) is 22.4 Å². The number of carbonyl (C=O) groups is 1. The number of likely N-dealkylation sites (N-methyl/N-ethyl adjacent to an activating group) is 2. The van der Waals surface area contributed by atoms with Gasteiger partial charge >= 0.3 is 0 Å². The van der Waals surface area contributed by atoms with Crippen LogP contribution in [0.2, 0.25) is 10.0 Å². The molecule has 0 aromatic heterocycles. The molecule has 2 aromatic carbocycles. The number of halogens is 2. The lowest BCUT2D eigenvalue weighted by Gasteiger charge is -2.18. The van der Waals surface area contributed by atoms with Crippen LogP contribution in [0.5, 0.6) is 0 Å². The number of amides is 1. The summed E-state index contributed by atoms with van der Waals surface area (Å²) in [5.74, 6) is 0.662. The Balaban J connectivity index is 1.58. The smallest absolute Gasteiger partial charge is 0.246 e. The molecular formula is C23H26Cl2N4O3S. The third kappa shape index (κ3) is 6.14. The predicted molar refractivity (Wildman–Crippen MR) is 132 cm³/mol. The molecule has 0 fully saturated rings. The Kier molecular flexibility index (Phi) is 8.18. The van der Waals surface area contributed by atoms with Crippen LogP contribution in [-0.2, 0) is 21.4 Å². The Bertz CT molecular complexity index is 1190. The van der Waals surface area contributed by atoms with Crippen LogP contribution in [0.15, 0.2) is 58.4 Å². The van der Waals surface area contributed by atoms with E-state index in [1.54, 1.807) is 18.9 Å². The van der Waals surface area contributed by atoms with E-state index in [1.165, 1.54) is 31.3 Å². The number of hydrogen-bond donors (Lipinski definition) is 1. The van der Waals surface area contributed by atoms with Crippen molar-refractivity contribution >= 4 is 45.0 Å². The Labute approximate surface area is 204 Å². The number of aliphatic imine (C=N–C) groups is 1. The molecule has 1 amide bonds. The van der Waals surface area contributed by atoms with Crippen LogP contribution in [0, 0.1) is 6.92 Å². The van der Waals surface area contributed by atoms with Crippen molar-refractivity contribution in [1.82, 2.24) is 14.5 Å². The molecule has 3 rings (SSSR count). The minimum absolute atomic E-state index is 0.0176. The maximum atomic E-state index is 12.8. The van der Waals surface area contributed by atoms with E-state index in [4.69, 9.17) is 23.2 Å². The minimum atomic E-state index is -3.84. The van der Waals surface area contributed by atoms with Crippen molar-refractivity contribution in [2.24, 2.45) is 4.99 Å². The third-order valence-electron chi connectivity index (χ3n) is 5.22. The molecule has 7 nitrogen and oxygen atoms in total. The normalized spacial score (nSPS) is 13.9. The SMILES string of the molecule is Cc1cc(S(=O)(=O)N(C)C/C=C/C(=O)N(C)Cc2ccc(C3=NCCN3)cc2)c(Cl)cc1Cl. The fourth-order valence-corrected chi connectivity index (χ4v) is 5.16. The van der Waals surface area contributed by atoms with Gasteiger partial charge in [-0.05, 0) is 30.2 Å². The average molecular weight is 509 g/mol. The molecule has 2 aromatic rings. The third-order valence-corrected chi connectivity index (χ3v) is 7.92. The van der Waals surface area contributed by atoms with Gasteiger partial charge in [-0.2, -0.15) is 4.31 Å². The van der Waals surface area contributed by atoms with Gasteiger partial charge in [0.1, 0.15) is 10.7 Å². The minimum Gasteiger partial charge on any atom is -0.368 e. The van der Waals surface area contributed by atoms with Gasteiger partial charge in [0.05, 0.1) is 11.6 Å². The Morgan fingerprint density at radius 3 is 2.48 bits per heavy atom. The molecule has 1 aliphatic heterocycles. The fourth-order valence-electron chi connectivity index (χ4n) is 3.23. The first-order valence-electron chi connectivity index (χ1n) is 10.3. The van der Waals surface area contributed by atoms with Crippen LogP contribution >= 0.6 is 23.2 Å². The van der Waals surface area contributed by atoms with Crippen LogP contribution in [0.4, 0.5) is 0 Å². The van der Waals surface area contributed by atoms with Crippen LogP contribution in [0.25, 0.3) is 0 Å². The highest BCUT2D eigenvalue weighted by molar-refractivity contribution is 7.89. The summed E-state index contributed by atoms with van der Waals surface area (Å²) in [6.45, 7) is 3.79. The summed E-state index contributed by atoms with van der Waals surface area (Å²) in [6, 6.07) is 10.7. The molecule has 0 radical (unpaired) electrons. The first kappa shape index (κ1) is 25.2. The van der Waals surface area contributed by atoms with E-state index < -0.39 is 10.0 Å². The number of benzene rings is 2. The second kappa shape index (κ2) is 10.7. The van der Waals surface area contributed by atoms with Gasteiger partial charge in [-0.25, -0.2) is 8.42 Å².